The Balaban J connectivity index is 2.54. The molecule has 0 aliphatic carbocycles. The third-order valence-electron chi connectivity index (χ3n) is 3.74. The van der Waals surface area contributed by atoms with Crippen molar-refractivity contribution in [1.29, 1.82) is 5.41 Å². The zero-order chi connectivity index (χ0) is 14.7. The predicted molar refractivity (Wildman–Crippen MR) is 85.9 cm³/mol. The lowest BCUT2D eigenvalue weighted by Gasteiger charge is -2.35. The normalized spacial score (nSPS) is 19.1. The van der Waals surface area contributed by atoms with Crippen LogP contribution in [-0.4, -0.2) is 40.1 Å². The second-order valence-electron chi connectivity index (χ2n) is 5.06. The summed E-state index contributed by atoms with van der Waals surface area (Å²) in [6.07, 6.45) is 1.65. The Hall–Kier alpha value is -1.30. The molecule has 0 bridgehead atoms. The minimum atomic E-state index is 0.104. The summed E-state index contributed by atoms with van der Waals surface area (Å²) >= 11 is 1.96. The van der Waals surface area contributed by atoms with Gasteiger partial charge in [-0.05, 0) is 25.3 Å². The predicted octanol–water partition coefficient (Wildman–Crippen LogP) is 1.83. The van der Waals surface area contributed by atoms with Gasteiger partial charge in [0.05, 0.1) is 11.3 Å². The van der Waals surface area contributed by atoms with Gasteiger partial charge in [0.2, 0.25) is 0 Å². The van der Waals surface area contributed by atoms with Gasteiger partial charge in [0.25, 0.3) is 0 Å². The van der Waals surface area contributed by atoms with Gasteiger partial charge in [-0.25, -0.2) is 0 Å². The lowest BCUT2D eigenvalue weighted by molar-refractivity contribution is 0.677. The molecule has 3 N–H and O–H groups in total. The van der Waals surface area contributed by atoms with Crippen molar-refractivity contribution >= 4 is 23.4 Å². The fraction of sp³-hybridized carbons (Fsp3) is 0.643. The Kier molecular flexibility index (Phi) is 4.86. The zero-order valence-corrected chi connectivity index (χ0v) is 13.3. The van der Waals surface area contributed by atoms with Gasteiger partial charge in [0.15, 0.2) is 5.82 Å². The summed E-state index contributed by atoms with van der Waals surface area (Å²) in [6.45, 7) is 7.28. The summed E-state index contributed by atoms with van der Waals surface area (Å²) in [5.74, 6) is 3.06. The van der Waals surface area contributed by atoms with Crippen LogP contribution in [-0.2, 0) is 12.8 Å². The second-order valence-corrected chi connectivity index (χ2v) is 6.21. The number of aryl methyl sites for hydroxylation is 1. The van der Waals surface area contributed by atoms with Crippen molar-refractivity contribution in [2.24, 2.45) is 5.73 Å². The van der Waals surface area contributed by atoms with Gasteiger partial charge in [-0.3, -0.25) is 5.41 Å². The van der Waals surface area contributed by atoms with Gasteiger partial charge in [-0.15, -0.1) is 5.10 Å². The highest BCUT2D eigenvalue weighted by atomic mass is 32.2. The molecule has 20 heavy (non-hydrogen) atoms. The molecule has 1 aromatic heterocycles. The van der Waals surface area contributed by atoms with Crippen LogP contribution >= 0.6 is 11.8 Å². The SMILES string of the molecule is CCc1nnc(N2CCSCC2C)c(C(=N)N)c1CC. The largest absolute Gasteiger partial charge is 0.384 e. The van der Waals surface area contributed by atoms with E-state index in [0.29, 0.717) is 6.04 Å². The molecule has 6 heteroatoms. The number of hydrogen-bond acceptors (Lipinski definition) is 5. The van der Waals surface area contributed by atoms with Crippen LogP contribution < -0.4 is 10.6 Å². The lowest BCUT2D eigenvalue weighted by Crippen LogP contribution is -2.42. The fourth-order valence-electron chi connectivity index (χ4n) is 2.69. The van der Waals surface area contributed by atoms with E-state index in [-0.39, 0.29) is 5.84 Å². The molecular formula is C14H23N5S. The standard InChI is InChI=1S/C14H23N5S/c1-4-10-11(5-2)17-18-14(12(10)13(15)16)19-6-7-20-8-9(19)3/h9H,4-8H2,1-3H3,(H3,15,16). The molecule has 1 aliphatic rings. The van der Waals surface area contributed by atoms with E-state index in [1.54, 1.807) is 0 Å². The number of anilines is 1. The number of nitrogens with one attached hydrogen (secondary N) is 1. The minimum Gasteiger partial charge on any atom is -0.384 e. The smallest absolute Gasteiger partial charge is 0.162 e. The number of aromatic nitrogens is 2. The molecule has 1 aromatic rings. The van der Waals surface area contributed by atoms with Gasteiger partial charge in [-0.2, -0.15) is 16.9 Å². The summed E-state index contributed by atoms with van der Waals surface area (Å²) in [7, 11) is 0. The third kappa shape index (κ3) is 2.75. The molecule has 1 aliphatic heterocycles. The molecule has 110 valence electrons. The van der Waals surface area contributed by atoms with Crippen molar-refractivity contribution in [3.63, 3.8) is 0 Å². The van der Waals surface area contributed by atoms with Gasteiger partial charge in [-0.1, -0.05) is 13.8 Å². The number of thioether (sulfide) groups is 1. The molecule has 2 rings (SSSR count). The monoisotopic (exact) mass is 293 g/mol. The van der Waals surface area contributed by atoms with E-state index in [2.05, 4.69) is 35.9 Å². The molecule has 5 nitrogen and oxygen atoms in total. The number of nitrogens with two attached hydrogens (primary N) is 1. The maximum Gasteiger partial charge on any atom is 0.162 e. The Bertz CT molecular complexity index is 503. The maximum atomic E-state index is 7.95. The van der Waals surface area contributed by atoms with Crippen molar-refractivity contribution in [2.75, 3.05) is 23.0 Å². The van der Waals surface area contributed by atoms with E-state index in [0.717, 1.165) is 53.5 Å². The van der Waals surface area contributed by atoms with Crippen molar-refractivity contribution in [3.05, 3.63) is 16.8 Å². The Morgan fingerprint density at radius 2 is 2.15 bits per heavy atom. The number of nitrogen functional groups attached to an aromatic ring is 1. The first-order valence-corrected chi connectivity index (χ1v) is 8.32. The van der Waals surface area contributed by atoms with E-state index in [1.807, 2.05) is 11.8 Å². The van der Waals surface area contributed by atoms with E-state index in [1.165, 1.54) is 0 Å². The molecule has 1 atom stereocenters. The Morgan fingerprint density at radius 3 is 2.70 bits per heavy atom. The maximum absolute atomic E-state index is 7.95. The molecule has 0 spiro atoms. The average molecular weight is 293 g/mol. The first kappa shape index (κ1) is 15.1. The van der Waals surface area contributed by atoms with E-state index in [9.17, 15) is 0 Å². The van der Waals surface area contributed by atoms with Crippen LogP contribution in [0.4, 0.5) is 5.82 Å². The summed E-state index contributed by atoms with van der Waals surface area (Å²) in [5, 5.41) is 16.7. The van der Waals surface area contributed by atoms with Crippen molar-refractivity contribution < 1.29 is 0 Å². The van der Waals surface area contributed by atoms with Crippen molar-refractivity contribution in [2.45, 2.75) is 39.7 Å². The molecule has 1 fully saturated rings. The first-order valence-electron chi connectivity index (χ1n) is 7.17. The molecule has 0 aromatic carbocycles. The second kappa shape index (κ2) is 6.43. The highest BCUT2D eigenvalue weighted by Gasteiger charge is 2.26. The molecular weight excluding hydrogens is 270 g/mol. The minimum absolute atomic E-state index is 0.104. The van der Waals surface area contributed by atoms with E-state index < -0.39 is 0 Å². The molecule has 0 saturated carbocycles. The molecule has 2 heterocycles. The summed E-state index contributed by atoms with van der Waals surface area (Å²) < 4.78 is 0. The third-order valence-corrected chi connectivity index (χ3v) is 4.93. The van der Waals surface area contributed by atoms with Crippen molar-refractivity contribution in [3.8, 4) is 0 Å². The molecule has 0 radical (unpaired) electrons. The Labute approximate surface area is 124 Å². The molecule has 0 amide bonds. The Morgan fingerprint density at radius 1 is 1.40 bits per heavy atom. The number of hydrogen-bond donors (Lipinski definition) is 2. The number of nitrogens with zero attached hydrogens (tertiary/aromatic N) is 3. The highest BCUT2D eigenvalue weighted by molar-refractivity contribution is 7.99. The van der Waals surface area contributed by atoms with Crippen LogP contribution in [0, 0.1) is 5.41 Å². The van der Waals surface area contributed by atoms with Gasteiger partial charge < -0.3 is 10.6 Å². The number of amidine groups is 1. The summed E-state index contributed by atoms with van der Waals surface area (Å²) in [4.78, 5) is 2.25. The van der Waals surface area contributed by atoms with Crippen LogP contribution in [0.25, 0.3) is 0 Å². The van der Waals surface area contributed by atoms with Crippen LogP contribution in [0.1, 0.15) is 37.6 Å². The average Bonchev–Trinajstić information content (AvgIpc) is 2.46. The van der Waals surface area contributed by atoms with E-state index in [4.69, 9.17) is 11.1 Å². The van der Waals surface area contributed by atoms with Crippen LogP contribution in [0.3, 0.4) is 0 Å². The highest BCUT2D eigenvalue weighted by Crippen LogP contribution is 2.28. The van der Waals surface area contributed by atoms with Gasteiger partial charge in [0.1, 0.15) is 5.84 Å². The van der Waals surface area contributed by atoms with Crippen LogP contribution in [0.15, 0.2) is 0 Å². The number of rotatable bonds is 4. The lowest BCUT2D eigenvalue weighted by atomic mass is 10.0. The van der Waals surface area contributed by atoms with Gasteiger partial charge in [0, 0.05) is 24.1 Å². The van der Waals surface area contributed by atoms with Crippen LogP contribution in [0.2, 0.25) is 0 Å². The first-order chi connectivity index (χ1) is 9.60. The van der Waals surface area contributed by atoms with Crippen LogP contribution in [0.5, 0.6) is 0 Å². The van der Waals surface area contributed by atoms with Gasteiger partial charge >= 0.3 is 0 Å². The summed E-state index contributed by atoms with van der Waals surface area (Å²) in [6, 6.07) is 0.401. The topological polar surface area (TPSA) is 78.9 Å². The van der Waals surface area contributed by atoms with E-state index >= 15 is 0 Å². The molecule has 1 unspecified atom stereocenters. The zero-order valence-electron chi connectivity index (χ0n) is 12.4. The molecule has 1 saturated heterocycles. The fourth-order valence-corrected chi connectivity index (χ4v) is 3.70. The quantitative estimate of drug-likeness (QED) is 0.654. The summed E-state index contributed by atoms with van der Waals surface area (Å²) in [5.41, 5.74) is 8.68. The van der Waals surface area contributed by atoms with Crippen molar-refractivity contribution in [1.82, 2.24) is 10.2 Å².